The molecular formula is C16H25N5. The van der Waals surface area contributed by atoms with Crippen molar-refractivity contribution in [3.8, 4) is 0 Å². The van der Waals surface area contributed by atoms with Crippen LogP contribution in [0.4, 0.5) is 5.82 Å². The fraction of sp³-hybridized carbons (Fsp3) is 0.625. The van der Waals surface area contributed by atoms with Crippen LogP contribution in [-0.4, -0.2) is 47.4 Å². The van der Waals surface area contributed by atoms with E-state index in [1.165, 1.54) is 25.8 Å². The topological polar surface area (TPSA) is 69.2 Å². The smallest absolute Gasteiger partial charge is 0.140 e. The Morgan fingerprint density at radius 3 is 2.95 bits per heavy atom. The molecule has 5 heteroatoms. The minimum atomic E-state index is 0.119. The van der Waals surface area contributed by atoms with Gasteiger partial charge in [0, 0.05) is 31.4 Å². The van der Waals surface area contributed by atoms with Crippen LogP contribution >= 0.6 is 0 Å². The van der Waals surface area contributed by atoms with Gasteiger partial charge in [0.15, 0.2) is 0 Å². The minimum absolute atomic E-state index is 0.119. The van der Waals surface area contributed by atoms with Gasteiger partial charge >= 0.3 is 0 Å². The molecule has 2 saturated heterocycles. The molecule has 0 bridgehead atoms. The predicted molar refractivity (Wildman–Crippen MR) is 86.0 cm³/mol. The number of nitrogens with one attached hydrogen (secondary N) is 1. The maximum Gasteiger partial charge on any atom is 0.140 e. The number of aromatic nitrogens is 1. The van der Waals surface area contributed by atoms with E-state index in [2.05, 4.69) is 21.7 Å². The van der Waals surface area contributed by atoms with E-state index >= 15 is 0 Å². The van der Waals surface area contributed by atoms with Gasteiger partial charge in [-0.15, -0.1) is 0 Å². The highest BCUT2D eigenvalue weighted by Crippen LogP contribution is 2.29. The number of nitrogens with zero attached hydrogens (tertiary/aromatic N) is 3. The molecule has 2 aliphatic rings. The van der Waals surface area contributed by atoms with Crippen LogP contribution in [0.25, 0.3) is 0 Å². The van der Waals surface area contributed by atoms with Crippen LogP contribution in [0.2, 0.25) is 0 Å². The molecule has 2 atom stereocenters. The summed E-state index contributed by atoms with van der Waals surface area (Å²) in [6.07, 6.45) is 5.75. The first-order valence-corrected chi connectivity index (χ1v) is 7.88. The Balaban J connectivity index is 1.93. The normalized spacial score (nSPS) is 26.5. The van der Waals surface area contributed by atoms with Crippen molar-refractivity contribution in [3.63, 3.8) is 0 Å². The van der Waals surface area contributed by atoms with E-state index in [0.29, 0.717) is 12.1 Å². The highest BCUT2D eigenvalue weighted by Gasteiger charge is 2.34. The first-order chi connectivity index (χ1) is 10.1. The van der Waals surface area contributed by atoms with Crippen LogP contribution in [0.3, 0.4) is 0 Å². The number of hydrogen-bond donors (Lipinski definition) is 2. The summed E-state index contributed by atoms with van der Waals surface area (Å²) in [7, 11) is 0. The summed E-state index contributed by atoms with van der Waals surface area (Å²) in [6.45, 7) is 7.56. The number of aryl methyl sites for hydroxylation is 1. The van der Waals surface area contributed by atoms with Gasteiger partial charge in [-0.05, 0) is 44.9 Å². The molecule has 3 rings (SSSR count). The highest BCUT2D eigenvalue weighted by atomic mass is 15.3. The van der Waals surface area contributed by atoms with Gasteiger partial charge in [0.1, 0.15) is 11.7 Å². The van der Waals surface area contributed by atoms with Crippen LogP contribution < -0.4 is 10.6 Å². The van der Waals surface area contributed by atoms with Gasteiger partial charge in [-0.1, -0.05) is 6.42 Å². The van der Waals surface area contributed by atoms with Gasteiger partial charge in [0.05, 0.1) is 5.56 Å². The Kier molecular flexibility index (Phi) is 3.85. The average molecular weight is 287 g/mol. The Labute approximate surface area is 126 Å². The van der Waals surface area contributed by atoms with Crippen LogP contribution in [0.5, 0.6) is 0 Å². The molecule has 3 heterocycles. The van der Waals surface area contributed by atoms with E-state index in [-0.39, 0.29) is 5.84 Å². The van der Waals surface area contributed by atoms with E-state index in [1.54, 1.807) is 0 Å². The number of nitrogens with two attached hydrogens (primary N) is 1. The highest BCUT2D eigenvalue weighted by molar-refractivity contribution is 6.01. The molecule has 0 spiro atoms. The van der Waals surface area contributed by atoms with E-state index in [1.807, 2.05) is 19.2 Å². The fourth-order valence-corrected chi connectivity index (χ4v) is 3.74. The largest absolute Gasteiger partial charge is 0.384 e. The average Bonchev–Trinajstić information content (AvgIpc) is 2.45. The van der Waals surface area contributed by atoms with Gasteiger partial charge in [0.25, 0.3) is 0 Å². The van der Waals surface area contributed by atoms with Crippen molar-refractivity contribution >= 4 is 11.7 Å². The van der Waals surface area contributed by atoms with E-state index in [4.69, 9.17) is 11.1 Å². The molecule has 2 fully saturated rings. The van der Waals surface area contributed by atoms with Gasteiger partial charge in [0.2, 0.25) is 0 Å². The number of pyridine rings is 1. The van der Waals surface area contributed by atoms with Crippen LogP contribution in [-0.2, 0) is 0 Å². The van der Waals surface area contributed by atoms with Crippen molar-refractivity contribution in [1.82, 2.24) is 9.88 Å². The number of nitrogen functional groups attached to an aromatic ring is 1. The van der Waals surface area contributed by atoms with Gasteiger partial charge in [-0.2, -0.15) is 0 Å². The molecule has 21 heavy (non-hydrogen) atoms. The second-order valence-corrected chi connectivity index (χ2v) is 6.39. The van der Waals surface area contributed by atoms with E-state index in [9.17, 15) is 0 Å². The number of rotatable bonds is 2. The monoisotopic (exact) mass is 287 g/mol. The summed E-state index contributed by atoms with van der Waals surface area (Å²) in [5.41, 5.74) is 7.64. The standard InChI is InChI=1S/C16H25N5/c1-11-6-7-19-16(14(11)15(17)18)21-10-13-5-3-4-8-20(13)9-12(21)2/h6-7,12-13H,3-5,8-10H2,1-2H3,(H3,17,18). The number of hydrogen-bond acceptors (Lipinski definition) is 4. The molecule has 5 nitrogen and oxygen atoms in total. The zero-order valence-corrected chi connectivity index (χ0v) is 13.0. The second kappa shape index (κ2) is 5.64. The molecule has 0 saturated carbocycles. The van der Waals surface area contributed by atoms with E-state index < -0.39 is 0 Å². The van der Waals surface area contributed by atoms with Crippen LogP contribution in [0.15, 0.2) is 12.3 Å². The third-order valence-corrected chi connectivity index (χ3v) is 4.87. The summed E-state index contributed by atoms with van der Waals surface area (Å²) in [6, 6.07) is 2.96. The lowest BCUT2D eigenvalue weighted by molar-refractivity contribution is 0.115. The lowest BCUT2D eigenvalue weighted by Crippen LogP contribution is -2.59. The minimum Gasteiger partial charge on any atom is -0.384 e. The third kappa shape index (κ3) is 2.62. The molecule has 0 aliphatic carbocycles. The molecular weight excluding hydrogens is 262 g/mol. The molecule has 0 amide bonds. The Hall–Kier alpha value is -1.62. The lowest BCUT2D eigenvalue weighted by Gasteiger charge is -2.48. The number of piperazine rings is 1. The maximum atomic E-state index is 7.88. The second-order valence-electron chi connectivity index (χ2n) is 6.39. The van der Waals surface area contributed by atoms with E-state index in [0.717, 1.165) is 30.0 Å². The molecule has 1 aromatic rings. The third-order valence-electron chi connectivity index (χ3n) is 4.87. The molecule has 1 aromatic heterocycles. The van der Waals surface area contributed by atoms with Crippen molar-refractivity contribution < 1.29 is 0 Å². The Bertz CT molecular complexity index is 541. The number of piperidine rings is 1. The first kappa shape index (κ1) is 14.3. The van der Waals surface area contributed by atoms with Crippen molar-refractivity contribution in [2.24, 2.45) is 5.73 Å². The molecule has 2 aliphatic heterocycles. The lowest BCUT2D eigenvalue weighted by atomic mass is 9.96. The summed E-state index contributed by atoms with van der Waals surface area (Å²) in [4.78, 5) is 9.54. The van der Waals surface area contributed by atoms with Crippen molar-refractivity contribution in [2.75, 3.05) is 24.5 Å². The number of fused-ring (bicyclic) bond motifs is 1. The van der Waals surface area contributed by atoms with Crippen LogP contribution in [0.1, 0.15) is 37.3 Å². The molecule has 0 radical (unpaired) electrons. The molecule has 114 valence electrons. The quantitative estimate of drug-likeness (QED) is 0.642. The summed E-state index contributed by atoms with van der Waals surface area (Å²) >= 11 is 0. The van der Waals surface area contributed by atoms with Gasteiger partial charge < -0.3 is 10.6 Å². The summed E-state index contributed by atoms with van der Waals surface area (Å²) in [5, 5.41) is 7.88. The Morgan fingerprint density at radius 2 is 2.19 bits per heavy atom. The zero-order valence-electron chi connectivity index (χ0n) is 13.0. The number of anilines is 1. The van der Waals surface area contributed by atoms with Crippen molar-refractivity contribution in [3.05, 3.63) is 23.4 Å². The SMILES string of the molecule is Cc1ccnc(N2CC3CCCCN3CC2C)c1C(=N)N. The van der Waals surface area contributed by atoms with Crippen LogP contribution in [0, 0.1) is 12.3 Å². The predicted octanol–water partition coefficient (Wildman–Crippen LogP) is 1.74. The fourth-order valence-electron chi connectivity index (χ4n) is 3.74. The molecule has 3 N–H and O–H groups in total. The van der Waals surface area contributed by atoms with Crippen molar-refractivity contribution in [2.45, 2.75) is 45.2 Å². The zero-order chi connectivity index (χ0) is 15.0. The van der Waals surface area contributed by atoms with Crippen molar-refractivity contribution in [1.29, 1.82) is 5.41 Å². The van der Waals surface area contributed by atoms with Gasteiger partial charge in [-0.25, -0.2) is 4.98 Å². The molecule has 0 aromatic carbocycles. The maximum absolute atomic E-state index is 7.88. The Morgan fingerprint density at radius 1 is 1.38 bits per heavy atom. The first-order valence-electron chi connectivity index (χ1n) is 7.88. The van der Waals surface area contributed by atoms with Gasteiger partial charge in [-0.3, -0.25) is 10.3 Å². The summed E-state index contributed by atoms with van der Waals surface area (Å²) < 4.78 is 0. The summed E-state index contributed by atoms with van der Waals surface area (Å²) in [5.74, 6) is 1.01. The number of amidine groups is 1. The molecule has 2 unspecified atom stereocenters.